The summed E-state index contributed by atoms with van der Waals surface area (Å²) in [4.78, 5) is 13.5. The van der Waals surface area contributed by atoms with Crippen molar-refractivity contribution in [1.82, 2.24) is 9.97 Å². The summed E-state index contributed by atoms with van der Waals surface area (Å²) < 4.78 is 0. The van der Waals surface area contributed by atoms with Gasteiger partial charge in [0.2, 0.25) is 5.95 Å². The van der Waals surface area contributed by atoms with E-state index < -0.39 is 0 Å². The molecule has 0 aliphatic heterocycles. The van der Waals surface area contributed by atoms with Gasteiger partial charge in [0.25, 0.3) is 0 Å². The van der Waals surface area contributed by atoms with Crippen molar-refractivity contribution in [3.63, 3.8) is 0 Å². The molecule has 0 saturated carbocycles. The molecular formula is C14H22N4OS. The van der Waals surface area contributed by atoms with Gasteiger partial charge in [-0.25, -0.2) is 4.98 Å². The van der Waals surface area contributed by atoms with Crippen LogP contribution in [-0.4, -0.2) is 41.3 Å². The Kier molecular flexibility index (Phi) is 4.77. The molecule has 20 heavy (non-hydrogen) atoms. The highest BCUT2D eigenvalue weighted by atomic mass is 32.1. The van der Waals surface area contributed by atoms with Crippen molar-refractivity contribution >= 4 is 33.3 Å². The minimum atomic E-state index is 0.0209. The third-order valence-electron chi connectivity index (χ3n) is 3.37. The maximum Gasteiger partial charge on any atom is 0.226 e. The molecule has 5 nitrogen and oxygen atoms in total. The number of aromatic nitrogens is 2. The third kappa shape index (κ3) is 2.86. The van der Waals surface area contributed by atoms with E-state index >= 15 is 0 Å². The maximum absolute atomic E-state index is 9.36. The number of aliphatic hydroxyl groups is 1. The number of nitrogens with zero attached hydrogens (tertiary/aromatic N) is 3. The fraction of sp³-hybridized carbons (Fsp3) is 0.571. The van der Waals surface area contributed by atoms with Crippen molar-refractivity contribution in [2.24, 2.45) is 0 Å². The zero-order valence-corrected chi connectivity index (χ0v) is 13.3. The SMILES string of the molecule is CCNc1nc(N(C)C(C)CO)c2cc(CC)sc2n1. The summed E-state index contributed by atoms with van der Waals surface area (Å²) in [6.07, 6.45) is 0.996. The van der Waals surface area contributed by atoms with E-state index in [0.717, 1.165) is 29.0 Å². The molecule has 0 fully saturated rings. The first-order chi connectivity index (χ1) is 9.60. The topological polar surface area (TPSA) is 61.3 Å². The lowest BCUT2D eigenvalue weighted by Crippen LogP contribution is -2.32. The standard InChI is InChI=1S/C14H22N4OS/c1-5-10-7-11-12(18(4)9(3)8-19)16-14(15-6-2)17-13(11)20-10/h7,9,19H,5-6,8H2,1-4H3,(H,15,16,17). The molecule has 6 heteroatoms. The lowest BCUT2D eigenvalue weighted by atomic mass is 10.2. The lowest BCUT2D eigenvalue weighted by Gasteiger charge is -2.25. The molecule has 2 rings (SSSR count). The Morgan fingerprint density at radius 1 is 1.40 bits per heavy atom. The summed E-state index contributed by atoms with van der Waals surface area (Å²) in [6, 6.07) is 2.18. The highest BCUT2D eigenvalue weighted by molar-refractivity contribution is 7.18. The molecular weight excluding hydrogens is 272 g/mol. The number of anilines is 2. The van der Waals surface area contributed by atoms with Crippen molar-refractivity contribution in [2.75, 3.05) is 30.4 Å². The zero-order chi connectivity index (χ0) is 14.7. The molecule has 0 aliphatic rings. The molecule has 0 saturated heterocycles. The quantitative estimate of drug-likeness (QED) is 0.857. The molecule has 110 valence electrons. The van der Waals surface area contributed by atoms with Crippen LogP contribution in [0.5, 0.6) is 0 Å². The first kappa shape index (κ1) is 15.0. The van der Waals surface area contributed by atoms with Crippen LogP contribution in [0.3, 0.4) is 0 Å². The number of fused-ring (bicyclic) bond motifs is 1. The molecule has 2 N–H and O–H groups in total. The molecule has 0 aliphatic carbocycles. The van der Waals surface area contributed by atoms with Gasteiger partial charge in [-0.1, -0.05) is 6.92 Å². The summed E-state index contributed by atoms with van der Waals surface area (Å²) in [5, 5.41) is 13.6. The number of aryl methyl sites for hydroxylation is 1. The summed E-state index contributed by atoms with van der Waals surface area (Å²) >= 11 is 1.71. The second-order valence-electron chi connectivity index (χ2n) is 4.83. The number of aliphatic hydroxyl groups excluding tert-OH is 1. The van der Waals surface area contributed by atoms with Crippen molar-refractivity contribution < 1.29 is 5.11 Å². The molecule has 2 heterocycles. The minimum absolute atomic E-state index is 0.0209. The van der Waals surface area contributed by atoms with Crippen molar-refractivity contribution in [2.45, 2.75) is 33.2 Å². The number of thiophene rings is 1. The van der Waals surface area contributed by atoms with E-state index in [-0.39, 0.29) is 12.6 Å². The Morgan fingerprint density at radius 2 is 2.15 bits per heavy atom. The van der Waals surface area contributed by atoms with Crippen LogP contribution in [0.15, 0.2) is 6.07 Å². The molecule has 1 atom stereocenters. The Balaban J connectivity index is 2.56. The van der Waals surface area contributed by atoms with E-state index in [9.17, 15) is 5.11 Å². The second-order valence-corrected chi connectivity index (χ2v) is 5.94. The largest absolute Gasteiger partial charge is 0.394 e. The van der Waals surface area contributed by atoms with E-state index in [0.29, 0.717) is 5.95 Å². The van der Waals surface area contributed by atoms with E-state index in [1.807, 2.05) is 25.8 Å². The van der Waals surface area contributed by atoms with Crippen LogP contribution in [0.25, 0.3) is 10.2 Å². The average Bonchev–Trinajstić information content (AvgIpc) is 2.88. The van der Waals surface area contributed by atoms with Gasteiger partial charge in [-0.2, -0.15) is 4.98 Å². The van der Waals surface area contributed by atoms with E-state index in [2.05, 4.69) is 28.3 Å². The van der Waals surface area contributed by atoms with Gasteiger partial charge in [0.05, 0.1) is 18.0 Å². The molecule has 2 aromatic heterocycles. The molecule has 2 aromatic rings. The van der Waals surface area contributed by atoms with Crippen LogP contribution >= 0.6 is 11.3 Å². The first-order valence-electron chi connectivity index (χ1n) is 6.98. The van der Waals surface area contributed by atoms with Gasteiger partial charge < -0.3 is 15.3 Å². The molecule has 0 amide bonds. The van der Waals surface area contributed by atoms with Gasteiger partial charge in [0.15, 0.2) is 0 Å². The van der Waals surface area contributed by atoms with Gasteiger partial charge in [0.1, 0.15) is 10.6 Å². The van der Waals surface area contributed by atoms with Crippen molar-refractivity contribution in [1.29, 1.82) is 0 Å². The monoisotopic (exact) mass is 294 g/mol. The predicted octanol–water partition coefficient (Wildman–Crippen LogP) is 2.50. The first-order valence-corrected chi connectivity index (χ1v) is 7.80. The van der Waals surface area contributed by atoms with Crippen LogP contribution in [-0.2, 0) is 6.42 Å². The van der Waals surface area contributed by atoms with E-state index in [1.165, 1.54) is 4.88 Å². The average molecular weight is 294 g/mol. The number of nitrogens with one attached hydrogen (secondary N) is 1. The summed E-state index contributed by atoms with van der Waals surface area (Å²) in [7, 11) is 1.96. The molecule has 0 radical (unpaired) electrons. The maximum atomic E-state index is 9.36. The highest BCUT2D eigenvalue weighted by Crippen LogP contribution is 2.32. The smallest absolute Gasteiger partial charge is 0.226 e. The summed E-state index contributed by atoms with van der Waals surface area (Å²) in [5.41, 5.74) is 0. The summed E-state index contributed by atoms with van der Waals surface area (Å²) in [6.45, 7) is 7.04. The van der Waals surface area contributed by atoms with Crippen LogP contribution in [0.2, 0.25) is 0 Å². The molecule has 0 aromatic carbocycles. The molecule has 1 unspecified atom stereocenters. The van der Waals surface area contributed by atoms with Crippen molar-refractivity contribution in [3.05, 3.63) is 10.9 Å². The highest BCUT2D eigenvalue weighted by Gasteiger charge is 2.17. The molecule has 0 spiro atoms. The fourth-order valence-corrected chi connectivity index (χ4v) is 2.93. The Bertz CT molecular complexity index is 584. The van der Waals surface area contributed by atoms with Gasteiger partial charge in [-0.3, -0.25) is 0 Å². The number of hydrogen-bond acceptors (Lipinski definition) is 6. The van der Waals surface area contributed by atoms with Crippen LogP contribution in [0.4, 0.5) is 11.8 Å². The van der Waals surface area contributed by atoms with E-state index in [1.54, 1.807) is 11.3 Å². The second kappa shape index (κ2) is 6.37. The van der Waals surface area contributed by atoms with Crippen LogP contribution < -0.4 is 10.2 Å². The summed E-state index contributed by atoms with van der Waals surface area (Å²) in [5.74, 6) is 1.53. The fourth-order valence-electron chi connectivity index (χ4n) is 1.97. The third-order valence-corrected chi connectivity index (χ3v) is 4.54. The number of hydrogen-bond donors (Lipinski definition) is 2. The Hall–Kier alpha value is -1.40. The van der Waals surface area contributed by atoms with Crippen LogP contribution in [0, 0.1) is 0 Å². The minimum Gasteiger partial charge on any atom is -0.394 e. The van der Waals surface area contributed by atoms with Crippen LogP contribution in [0.1, 0.15) is 25.6 Å². The van der Waals surface area contributed by atoms with E-state index in [4.69, 9.17) is 0 Å². The Morgan fingerprint density at radius 3 is 2.75 bits per heavy atom. The van der Waals surface area contributed by atoms with Gasteiger partial charge in [-0.15, -0.1) is 11.3 Å². The van der Waals surface area contributed by atoms with Gasteiger partial charge >= 0.3 is 0 Å². The normalized spacial score (nSPS) is 12.7. The van der Waals surface area contributed by atoms with Gasteiger partial charge in [-0.05, 0) is 26.3 Å². The molecule has 0 bridgehead atoms. The van der Waals surface area contributed by atoms with Crippen molar-refractivity contribution in [3.8, 4) is 0 Å². The number of rotatable bonds is 6. The number of likely N-dealkylation sites (N-methyl/N-ethyl adjacent to an activating group) is 1. The lowest BCUT2D eigenvalue weighted by molar-refractivity contribution is 0.270. The zero-order valence-electron chi connectivity index (χ0n) is 12.5. The van der Waals surface area contributed by atoms with Gasteiger partial charge in [0, 0.05) is 18.5 Å². The Labute approximate surface area is 123 Å². The predicted molar refractivity (Wildman–Crippen MR) is 85.9 cm³/mol.